The van der Waals surface area contributed by atoms with E-state index in [1.54, 1.807) is 30.5 Å². The van der Waals surface area contributed by atoms with E-state index in [0.29, 0.717) is 37.0 Å². The smallest absolute Gasteiger partial charge is 0.319 e. The first-order chi connectivity index (χ1) is 18.5. The van der Waals surface area contributed by atoms with Crippen LogP contribution in [0, 0.1) is 0 Å². The van der Waals surface area contributed by atoms with E-state index in [-0.39, 0.29) is 17.5 Å². The zero-order chi connectivity index (χ0) is 26.4. The second-order valence-corrected chi connectivity index (χ2v) is 10.4. The third-order valence-electron chi connectivity index (χ3n) is 5.85. The lowest BCUT2D eigenvalue weighted by atomic mass is 10.0. The summed E-state index contributed by atoms with van der Waals surface area (Å²) in [6.45, 7) is 1.13. The van der Waals surface area contributed by atoms with Gasteiger partial charge in [0.25, 0.3) is 0 Å². The number of carbonyl (C=O) groups is 1. The number of carbonyl (C=O) groups excluding carboxylic acids is 1. The zero-order valence-corrected chi connectivity index (χ0v) is 21.3. The summed E-state index contributed by atoms with van der Waals surface area (Å²) in [5.41, 5.74) is 3.86. The molecule has 10 nitrogen and oxygen atoms in total. The van der Waals surface area contributed by atoms with Crippen LogP contribution in [0.4, 0.5) is 27.9 Å². The van der Waals surface area contributed by atoms with Crippen LogP contribution in [0.25, 0.3) is 11.1 Å². The Balaban J connectivity index is 1.35. The molecule has 1 aliphatic heterocycles. The lowest BCUT2D eigenvalue weighted by Gasteiger charge is -2.14. The Morgan fingerprint density at radius 1 is 0.947 bits per heavy atom. The fourth-order valence-corrected chi connectivity index (χ4v) is 5.09. The van der Waals surface area contributed by atoms with Gasteiger partial charge in [-0.3, -0.25) is 0 Å². The zero-order valence-electron chi connectivity index (χ0n) is 20.4. The molecule has 0 radical (unpaired) electrons. The number of rotatable bonds is 4. The Morgan fingerprint density at radius 2 is 1.79 bits per heavy atom. The quantitative estimate of drug-likeness (QED) is 0.266. The molecular weight excluding hydrogens is 502 g/mol. The third-order valence-corrected chi connectivity index (χ3v) is 7.31. The van der Waals surface area contributed by atoms with Crippen molar-refractivity contribution in [3.05, 3.63) is 90.6 Å². The molecule has 0 fully saturated rings. The molecule has 5 N–H and O–H groups in total. The molecule has 4 bridgehead atoms. The van der Waals surface area contributed by atoms with Gasteiger partial charge in [-0.15, -0.1) is 0 Å². The molecule has 1 aliphatic rings. The van der Waals surface area contributed by atoms with E-state index in [9.17, 15) is 13.2 Å². The Bertz CT molecular complexity index is 1550. The maximum Gasteiger partial charge on any atom is 0.319 e. The minimum Gasteiger partial charge on any atom is -0.369 e. The predicted molar refractivity (Wildman–Crippen MR) is 148 cm³/mol. The average Bonchev–Trinajstić information content (AvgIpc) is 2.93. The molecule has 4 aromatic rings. The molecule has 0 atom stereocenters. The highest BCUT2D eigenvalue weighted by Gasteiger charge is 2.16. The molecule has 5 rings (SSSR count). The van der Waals surface area contributed by atoms with Gasteiger partial charge in [0, 0.05) is 42.8 Å². The van der Waals surface area contributed by atoms with Crippen molar-refractivity contribution < 1.29 is 13.2 Å². The summed E-state index contributed by atoms with van der Waals surface area (Å²) < 4.78 is 27.8. The number of anilines is 4. The van der Waals surface area contributed by atoms with Crippen molar-refractivity contribution in [1.29, 1.82) is 0 Å². The van der Waals surface area contributed by atoms with Gasteiger partial charge < -0.3 is 21.3 Å². The third kappa shape index (κ3) is 6.25. The summed E-state index contributed by atoms with van der Waals surface area (Å²) in [6.07, 6.45) is 2.29. The van der Waals surface area contributed by atoms with Gasteiger partial charge in [0.2, 0.25) is 16.0 Å². The number of hydrogen-bond acceptors (Lipinski definition) is 7. The maximum atomic E-state index is 12.6. The summed E-state index contributed by atoms with van der Waals surface area (Å²) in [7, 11) is -3.61. The van der Waals surface area contributed by atoms with Gasteiger partial charge in [0.1, 0.15) is 5.82 Å². The average molecular weight is 530 g/mol. The van der Waals surface area contributed by atoms with Crippen LogP contribution in [0.3, 0.4) is 0 Å². The van der Waals surface area contributed by atoms with Crippen LogP contribution in [0.15, 0.2) is 90.0 Å². The summed E-state index contributed by atoms with van der Waals surface area (Å²) in [5.74, 6) is 0.959. The first-order valence-electron chi connectivity index (χ1n) is 12.1. The molecule has 0 aliphatic carbocycles. The van der Waals surface area contributed by atoms with Gasteiger partial charge in [-0.2, -0.15) is 4.98 Å². The minimum atomic E-state index is -3.61. The first kappa shape index (κ1) is 25.2. The lowest BCUT2D eigenvalue weighted by Crippen LogP contribution is -2.28. The van der Waals surface area contributed by atoms with Gasteiger partial charge in [0.05, 0.1) is 4.90 Å². The predicted octanol–water partition coefficient (Wildman–Crippen LogP) is 4.30. The molecule has 3 aromatic carbocycles. The Morgan fingerprint density at radius 3 is 2.66 bits per heavy atom. The second kappa shape index (κ2) is 11.3. The van der Waals surface area contributed by atoms with Crippen LogP contribution in [-0.4, -0.2) is 37.5 Å². The minimum absolute atomic E-state index is 0.175. The van der Waals surface area contributed by atoms with Crippen molar-refractivity contribution in [2.24, 2.45) is 0 Å². The number of para-hydroxylation sites is 1. The van der Waals surface area contributed by atoms with E-state index < -0.39 is 10.0 Å². The van der Waals surface area contributed by atoms with E-state index in [0.717, 1.165) is 22.4 Å². The highest BCUT2D eigenvalue weighted by atomic mass is 32.2. The molecule has 0 saturated heterocycles. The van der Waals surface area contributed by atoms with Gasteiger partial charge in [-0.05, 0) is 53.9 Å². The van der Waals surface area contributed by atoms with E-state index in [1.165, 1.54) is 0 Å². The summed E-state index contributed by atoms with van der Waals surface area (Å²) >= 11 is 0. The number of nitrogens with one attached hydrogen (secondary N) is 5. The number of nitrogens with zero attached hydrogens (tertiary/aromatic N) is 2. The standard InChI is InChI=1S/C27H27N7O3S/c35-27(33-21-9-2-1-3-10-21)30-17-19-7-4-8-20(15-19)24-18-29-26-32-22-11-5-12-23(16-22)38(36,37)31-14-6-13-28-25(24)34-26/h1-5,7-12,15-16,18,31H,6,13-14,17H2,(H2,30,33,35)(H2,28,29,32,34). The van der Waals surface area contributed by atoms with Crippen molar-refractivity contribution in [2.75, 3.05) is 29.0 Å². The Labute approximate surface area is 221 Å². The highest BCUT2D eigenvalue weighted by Crippen LogP contribution is 2.29. The summed E-state index contributed by atoms with van der Waals surface area (Å²) in [5, 5.41) is 12.1. The molecular formula is C27H27N7O3S. The number of hydrogen-bond donors (Lipinski definition) is 5. The molecule has 2 heterocycles. The number of urea groups is 1. The number of sulfonamides is 1. The number of aromatic nitrogens is 2. The molecule has 194 valence electrons. The molecule has 38 heavy (non-hydrogen) atoms. The second-order valence-electron chi connectivity index (χ2n) is 8.66. The van der Waals surface area contributed by atoms with Crippen molar-refractivity contribution in [1.82, 2.24) is 20.0 Å². The number of fused-ring (bicyclic) bond motifs is 4. The SMILES string of the molecule is O=C(NCc1cccc(-c2cnc3nc2NCCCNS(=O)(=O)c2cccc(c2)N3)c1)Nc1ccccc1. The first-order valence-corrected chi connectivity index (χ1v) is 13.6. The molecule has 1 aromatic heterocycles. The van der Waals surface area contributed by atoms with Crippen LogP contribution in [0.1, 0.15) is 12.0 Å². The van der Waals surface area contributed by atoms with Crippen molar-refractivity contribution in [2.45, 2.75) is 17.9 Å². The van der Waals surface area contributed by atoms with Crippen LogP contribution in [-0.2, 0) is 16.6 Å². The maximum absolute atomic E-state index is 12.6. The van der Waals surface area contributed by atoms with E-state index in [2.05, 4.69) is 36.0 Å². The topological polar surface area (TPSA) is 137 Å². The van der Waals surface area contributed by atoms with Crippen molar-refractivity contribution >= 4 is 39.2 Å². The van der Waals surface area contributed by atoms with Gasteiger partial charge >= 0.3 is 6.03 Å². The Kier molecular flexibility index (Phi) is 7.47. The number of amides is 2. The lowest BCUT2D eigenvalue weighted by molar-refractivity contribution is 0.251. The van der Waals surface area contributed by atoms with E-state index in [4.69, 9.17) is 0 Å². The van der Waals surface area contributed by atoms with Crippen LogP contribution < -0.4 is 26.0 Å². The van der Waals surface area contributed by atoms with Crippen LogP contribution in [0.2, 0.25) is 0 Å². The summed E-state index contributed by atoms with van der Waals surface area (Å²) in [6, 6.07) is 23.3. The van der Waals surface area contributed by atoms with E-state index >= 15 is 0 Å². The van der Waals surface area contributed by atoms with Crippen LogP contribution in [0.5, 0.6) is 0 Å². The fraction of sp³-hybridized carbons (Fsp3) is 0.148. The Hall–Kier alpha value is -4.48. The largest absolute Gasteiger partial charge is 0.369 e. The van der Waals surface area contributed by atoms with E-state index in [1.807, 2.05) is 54.6 Å². The van der Waals surface area contributed by atoms with Gasteiger partial charge in [-0.1, -0.05) is 42.5 Å². The van der Waals surface area contributed by atoms with Gasteiger partial charge in [0.15, 0.2) is 0 Å². The molecule has 0 saturated carbocycles. The normalized spacial score (nSPS) is 14.4. The highest BCUT2D eigenvalue weighted by molar-refractivity contribution is 7.89. The molecule has 11 heteroatoms. The van der Waals surface area contributed by atoms with Gasteiger partial charge in [-0.25, -0.2) is 22.9 Å². The fourth-order valence-electron chi connectivity index (χ4n) is 3.97. The molecule has 2 amide bonds. The van der Waals surface area contributed by atoms with Crippen LogP contribution >= 0.6 is 0 Å². The molecule has 0 spiro atoms. The van der Waals surface area contributed by atoms with Crippen molar-refractivity contribution in [3.63, 3.8) is 0 Å². The monoisotopic (exact) mass is 529 g/mol. The number of benzene rings is 3. The summed E-state index contributed by atoms with van der Waals surface area (Å²) in [4.78, 5) is 21.6. The van der Waals surface area contributed by atoms with Crippen molar-refractivity contribution in [3.8, 4) is 11.1 Å². The molecule has 0 unspecified atom stereocenters.